The van der Waals surface area contributed by atoms with Crippen LogP contribution in [0.3, 0.4) is 0 Å². The Morgan fingerprint density at radius 1 is 0.774 bits per heavy atom. The molecule has 6 nitrogen and oxygen atoms in total. The fraction of sp³-hybridized carbons (Fsp3) is 0.0400. The third-order valence-electron chi connectivity index (χ3n) is 4.48. The van der Waals surface area contributed by atoms with Crippen molar-refractivity contribution in [1.29, 1.82) is 0 Å². The summed E-state index contributed by atoms with van der Waals surface area (Å²) in [4.78, 5) is 24.8. The number of hydrogen-bond acceptors (Lipinski definition) is 4. The number of para-hydroxylation sites is 1. The lowest BCUT2D eigenvalue weighted by molar-refractivity contribution is -0.118. The van der Waals surface area contributed by atoms with Gasteiger partial charge in [-0.2, -0.15) is 0 Å². The van der Waals surface area contributed by atoms with Gasteiger partial charge in [0.2, 0.25) is 0 Å². The summed E-state index contributed by atoms with van der Waals surface area (Å²) in [7, 11) is 0. The van der Waals surface area contributed by atoms with Gasteiger partial charge in [0.05, 0.1) is 6.26 Å². The molecule has 0 aliphatic heterocycles. The van der Waals surface area contributed by atoms with Gasteiger partial charge in [0.25, 0.3) is 11.8 Å². The summed E-state index contributed by atoms with van der Waals surface area (Å²) in [6.45, 7) is -0.150. The molecule has 2 N–H and O–H groups in total. The second-order valence-corrected chi connectivity index (χ2v) is 6.71. The van der Waals surface area contributed by atoms with E-state index in [1.54, 1.807) is 42.5 Å². The van der Waals surface area contributed by atoms with E-state index in [4.69, 9.17) is 9.15 Å². The Hall–Kier alpha value is -4.32. The number of anilines is 2. The van der Waals surface area contributed by atoms with Crippen LogP contribution in [0, 0.1) is 0 Å². The molecular formula is C25H20N2O4. The van der Waals surface area contributed by atoms with Gasteiger partial charge in [-0.1, -0.05) is 54.6 Å². The summed E-state index contributed by atoms with van der Waals surface area (Å²) >= 11 is 0. The van der Waals surface area contributed by atoms with E-state index in [1.165, 1.54) is 6.26 Å². The van der Waals surface area contributed by atoms with E-state index >= 15 is 0 Å². The first kappa shape index (κ1) is 20.0. The van der Waals surface area contributed by atoms with Crippen molar-refractivity contribution in [1.82, 2.24) is 0 Å². The van der Waals surface area contributed by atoms with E-state index in [1.807, 2.05) is 48.5 Å². The van der Waals surface area contributed by atoms with Gasteiger partial charge in [-0.15, -0.1) is 0 Å². The van der Waals surface area contributed by atoms with Crippen molar-refractivity contribution in [2.75, 3.05) is 17.2 Å². The Bertz CT molecular complexity index is 1170. The number of nitrogens with one attached hydrogen (secondary N) is 2. The standard InChI is InChI=1S/C25H20N2O4/c28-23(26-19-10-5-2-6-11-19)17-31-21-13-7-12-20(16-21)27-25(29)24-22(14-15-30-24)18-8-3-1-4-9-18/h1-16H,17H2,(H,26,28)(H,27,29). The zero-order valence-corrected chi connectivity index (χ0v) is 16.6. The minimum atomic E-state index is -0.372. The van der Waals surface area contributed by atoms with Crippen LogP contribution in [0.2, 0.25) is 0 Å². The maximum Gasteiger partial charge on any atom is 0.292 e. The average Bonchev–Trinajstić information content (AvgIpc) is 3.30. The summed E-state index contributed by atoms with van der Waals surface area (Å²) < 4.78 is 11.0. The van der Waals surface area contributed by atoms with E-state index < -0.39 is 0 Å². The summed E-state index contributed by atoms with van der Waals surface area (Å²) in [6.07, 6.45) is 1.49. The molecule has 3 aromatic carbocycles. The molecule has 4 rings (SSSR count). The fourth-order valence-electron chi connectivity index (χ4n) is 3.05. The highest BCUT2D eigenvalue weighted by Gasteiger charge is 2.17. The molecule has 0 bridgehead atoms. The largest absolute Gasteiger partial charge is 0.484 e. The summed E-state index contributed by atoms with van der Waals surface area (Å²) in [5.41, 5.74) is 2.83. The number of carbonyl (C=O) groups excluding carboxylic acids is 2. The van der Waals surface area contributed by atoms with Crippen LogP contribution in [0.5, 0.6) is 5.75 Å². The van der Waals surface area contributed by atoms with Crippen LogP contribution in [0.4, 0.5) is 11.4 Å². The van der Waals surface area contributed by atoms with Gasteiger partial charge in [0.15, 0.2) is 12.4 Å². The molecule has 0 fully saturated rings. The Kier molecular flexibility index (Phi) is 6.09. The lowest BCUT2D eigenvalue weighted by atomic mass is 10.1. The Labute approximate surface area is 179 Å². The van der Waals surface area contributed by atoms with Crippen LogP contribution in [0.25, 0.3) is 11.1 Å². The van der Waals surface area contributed by atoms with Crippen LogP contribution in [0.15, 0.2) is 102 Å². The SMILES string of the molecule is O=C(COc1cccc(NC(=O)c2occc2-c2ccccc2)c1)Nc1ccccc1. The Morgan fingerprint density at radius 2 is 1.48 bits per heavy atom. The monoisotopic (exact) mass is 412 g/mol. The van der Waals surface area contributed by atoms with Gasteiger partial charge in [-0.25, -0.2) is 0 Å². The number of rotatable bonds is 7. The van der Waals surface area contributed by atoms with Crippen molar-refractivity contribution in [2.45, 2.75) is 0 Å². The van der Waals surface area contributed by atoms with E-state index in [0.29, 0.717) is 22.7 Å². The number of amides is 2. The van der Waals surface area contributed by atoms with Crippen molar-refractivity contribution >= 4 is 23.2 Å². The highest BCUT2D eigenvalue weighted by molar-refractivity contribution is 6.06. The molecular weight excluding hydrogens is 392 g/mol. The lowest BCUT2D eigenvalue weighted by Gasteiger charge is -2.10. The van der Waals surface area contributed by atoms with Crippen molar-refractivity contribution < 1.29 is 18.7 Å². The van der Waals surface area contributed by atoms with E-state index in [2.05, 4.69) is 10.6 Å². The van der Waals surface area contributed by atoms with Gasteiger partial charge in [0.1, 0.15) is 5.75 Å². The Morgan fingerprint density at radius 3 is 2.26 bits per heavy atom. The van der Waals surface area contributed by atoms with Crippen LogP contribution < -0.4 is 15.4 Å². The van der Waals surface area contributed by atoms with Gasteiger partial charge >= 0.3 is 0 Å². The number of carbonyl (C=O) groups is 2. The molecule has 0 saturated carbocycles. The molecule has 154 valence electrons. The third-order valence-corrected chi connectivity index (χ3v) is 4.48. The Balaban J connectivity index is 1.38. The van der Waals surface area contributed by atoms with Crippen molar-refractivity contribution in [3.05, 3.63) is 103 Å². The molecule has 6 heteroatoms. The second-order valence-electron chi connectivity index (χ2n) is 6.71. The molecule has 0 spiro atoms. The predicted molar refractivity (Wildman–Crippen MR) is 119 cm³/mol. The maximum absolute atomic E-state index is 12.7. The van der Waals surface area contributed by atoms with Crippen LogP contribution >= 0.6 is 0 Å². The number of ether oxygens (including phenoxy) is 1. The smallest absolute Gasteiger partial charge is 0.292 e. The molecule has 0 radical (unpaired) electrons. The lowest BCUT2D eigenvalue weighted by Crippen LogP contribution is -2.20. The van der Waals surface area contributed by atoms with Gasteiger partial charge in [-0.05, 0) is 35.9 Å². The first-order valence-corrected chi connectivity index (χ1v) is 9.71. The minimum absolute atomic E-state index is 0.150. The number of furan rings is 1. The number of hydrogen-bond donors (Lipinski definition) is 2. The van der Waals surface area contributed by atoms with E-state index in [9.17, 15) is 9.59 Å². The molecule has 0 atom stereocenters. The van der Waals surface area contributed by atoms with Crippen molar-refractivity contribution in [3.8, 4) is 16.9 Å². The molecule has 0 aliphatic carbocycles. The highest BCUT2D eigenvalue weighted by atomic mass is 16.5. The minimum Gasteiger partial charge on any atom is -0.484 e. The van der Waals surface area contributed by atoms with Crippen LogP contribution in [-0.4, -0.2) is 18.4 Å². The zero-order valence-electron chi connectivity index (χ0n) is 16.6. The average molecular weight is 412 g/mol. The normalized spacial score (nSPS) is 10.3. The van der Waals surface area contributed by atoms with Crippen molar-refractivity contribution in [3.63, 3.8) is 0 Å². The highest BCUT2D eigenvalue weighted by Crippen LogP contribution is 2.26. The topological polar surface area (TPSA) is 80.6 Å². The van der Waals surface area contributed by atoms with E-state index in [0.717, 1.165) is 5.56 Å². The van der Waals surface area contributed by atoms with Crippen LogP contribution in [-0.2, 0) is 4.79 Å². The quantitative estimate of drug-likeness (QED) is 0.436. The summed E-state index contributed by atoms with van der Waals surface area (Å²) in [5, 5.41) is 5.56. The molecule has 31 heavy (non-hydrogen) atoms. The molecule has 0 aliphatic rings. The molecule has 2 amide bonds. The molecule has 1 aromatic heterocycles. The third kappa shape index (κ3) is 5.19. The molecule has 0 unspecified atom stereocenters. The van der Waals surface area contributed by atoms with Crippen molar-refractivity contribution in [2.24, 2.45) is 0 Å². The zero-order chi connectivity index (χ0) is 21.5. The summed E-state index contributed by atoms with van der Waals surface area (Å²) in [5.74, 6) is 0.0371. The van der Waals surface area contributed by atoms with Gasteiger partial charge in [0, 0.05) is 23.0 Å². The van der Waals surface area contributed by atoms with Crippen LogP contribution in [0.1, 0.15) is 10.6 Å². The van der Waals surface area contributed by atoms with E-state index in [-0.39, 0.29) is 24.2 Å². The fourth-order valence-corrected chi connectivity index (χ4v) is 3.05. The van der Waals surface area contributed by atoms with Gasteiger partial charge < -0.3 is 19.8 Å². The predicted octanol–water partition coefficient (Wildman–Crippen LogP) is 5.22. The first-order valence-electron chi connectivity index (χ1n) is 9.71. The molecule has 1 heterocycles. The van der Waals surface area contributed by atoms with Gasteiger partial charge in [-0.3, -0.25) is 9.59 Å². The summed E-state index contributed by atoms with van der Waals surface area (Å²) in [6, 6.07) is 27.3. The maximum atomic E-state index is 12.7. The molecule has 0 saturated heterocycles. The first-order chi connectivity index (χ1) is 15.2. The number of benzene rings is 3. The second kappa shape index (κ2) is 9.45. The molecule has 4 aromatic rings.